The smallest absolute Gasteiger partial charge is 0.250 e. The lowest BCUT2D eigenvalue weighted by atomic mass is 10.2. The van der Waals surface area contributed by atoms with Crippen LogP contribution in [0.2, 0.25) is 5.02 Å². The number of aromatic nitrogens is 2. The zero-order chi connectivity index (χ0) is 10.3. The van der Waals surface area contributed by atoms with E-state index in [4.69, 9.17) is 17.3 Å². The van der Waals surface area contributed by atoms with Gasteiger partial charge in [-0.15, -0.1) is 0 Å². The van der Waals surface area contributed by atoms with Gasteiger partial charge in [0.1, 0.15) is 0 Å². The summed E-state index contributed by atoms with van der Waals surface area (Å²) in [6.07, 6.45) is 1.66. The fourth-order valence-electron chi connectivity index (χ4n) is 1.34. The predicted molar refractivity (Wildman–Crippen MR) is 54.2 cm³/mol. The third-order valence-electron chi connectivity index (χ3n) is 2.08. The van der Waals surface area contributed by atoms with Crippen LogP contribution >= 0.6 is 11.6 Å². The minimum atomic E-state index is -0.539. The number of hydrogen-bond acceptors (Lipinski definition) is 2. The second kappa shape index (κ2) is 2.99. The SMILES string of the molecule is Cn1cnc2cc(C(N)=O)c(Cl)cc21. The van der Waals surface area contributed by atoms with Gasteiger partial charge in [-0.3, -0.25) is 4.79 Å². The van der Waals surface area contributed by atoms with Gasteiger partial charge < -0.3 is 10.3 Å². The van der Waals surface area contributed by atoms with Crippen molar-refractivity contribution in [3.05, 3.63) is 29.0 Å². The summed E-state index contributed by atoms with van der Waals surface area (Å²) in [6, 6.07) is 3.28. The molecule has 14 heavy (non-hydrogen) atoms. The number of aryl methyl sites for hydroxylation is 1. The topological polar surface area (TPSA) is 60.9 Å². The Morgan fingerprint density at radius 2 is 2.29 bits per heavy atom. The Morgan fingerprint density at radius 3 is 2.93 bits per heavy atom. The highest BCUT2D eigenvalue weighted by Gasteiger charge is 2.10. The van der Waals surface area contributed by atoms with E-state index in [1.54, 1.807) is 18.5 Å². The van der Waals surface area contributed by atoms with Gasteiger partial charge in [0.25, 0.3) is 0 Å². The van der Waals surface area contributed by atoms with Crippen LogP contribution in [-0.4, -0.2) is 15.5 Å². The van der Waals surface area contributed by atoms with E-state index >= 15 is 0 Å². The molecule has 0 aliphatic heterocycles. The molecule has 0 aliphatic rings. The van der Waals surface area contributed by atoms with Gasteiger partial charge in [-0.25, -0.2) is 4.98 Å². The fourth-order valence-corrected chi connectivity index (χ4v) is 1.59. The van der Waals surface area contributed by atoms with Crippen LogP contribution in [0.15, 0.2) is 18.5 Å². The van der Waals surface area contributed by atoms with Crippen molar-refractivity contribution in [2.24, 2.45) is 12.8 Å². The van der Waals surface area contributed by atoms with E-state index in [0.29, 0.717) is 16.1 Å². The Kier molecular flexibility index (Phi) is 1.93. The van der Waals surface area contributed by atoms with Gasteiger partial charge >= 0.3 is 0 Å². The molecule has 0 bridgehead atoms. The molecule has 5 heteroatoms. The van der Waals surface area contributed by atoms with Crippen LogP contribution in [0.3, 0.4) is 0 Å². The first-order chi connectivity index (χ1) is 6.59. The number of nitrogens with two attached hydrogens (primary N) is 1. The monoisotopic (exact) mass is 209 g/mol. The van der Waals surface area contributed by atoms with Crippen LogP contribution in [0.1, 0.15) is 10.4 Å². The highest BCUT2D eigenvalue weighted by Crippen LogP contribution is 2.22. The third-order valence-corrected chi connectivity index (χ3v) is 2.39. The van der Waals surface area contributed by atoms with Crippen LogP contribution < -0.4 is 5.73 Å². The molecule has 0 fully saturated rings. The average molecular weight is 210 g/mol. The molecule has 72 valence electrons. The lowest BCUT2D eigenvalue weighted by Crippen LogP contribution is -2.11. The summed E-state index contributed by atoms with van der Waals surface area (Å²) in [5.41, 5.74) is 7.05. The summed E-state index contributed by atoms with van der Waals surface area (Å²) < 4.78 is 1.83. The third kappa shape index (κ3) is 1.24. The number of imidazole rings is 1. The molecular formula is C9H8ClN3O. The maximum Gasteiger partial charge on any atom is 0.250 e. The number of carbonyl (C=O) groups excluding carboxylic acids is 1. The van der Waals surface area contributed by atoms with Crippen molar-refractivity contribution in [2.45, 2.75) is 0 Å². The van der Waals surface area contributed by atoms with Gasteiger partial charge in [-0.05, 0) is 12.1 Å². The molecular weight excluding hydrogens is 202 g/mol. The highest BCUT2D eigenvalue weighted by atomic mass is 35.5. The van der Waals surface area contributed by atoms with E-state index < -0.39 is 5.91 Å². The zero-order valence-electron chi connectivity index (χ0n) is 7.49. The largest absolute Gasteiger partial charge is 0.366 e. The summed E-state index contributed by atoms with van der Waals surface area (Å²) in [6.45, 7) is 0. The number of hydrogen-bond donors (Lipinski definition) is 1. The van der Waals surface area contributed by atoms with Gasteiger partial charge in [0, 0.05) is 7.05 Å². The van der Waals surface area contributed by atoms with Gasteiger partial charge in [-0.1, -0.05) is 11.6 Å². The highest BCUT2D eigenvalue weighted by molar-refractivity contribution is 6.34. The number of benzene rings is 1. The first kappa shape index (κ1) is 9.02. The standard InChI is InChI=1S/C9H8ClN3O/c1-13-4-12-7-2-5(9(11)14)6(10)3-8(7)13/h2-4H,1H3,(H2,11,14). The number of primary amides is 1. The minimum absolute atomic E-state index is 0.304. The first-order valence-electron chi connectivity index (χ1n) is 4.00. The number of amides is 1. The number of nitrogens with zero attached hydrogens (tertiary/aromatic N) is 2. The Hall–Kier alpha value is -1.55. The first-order valence-corrected chi connectivity index (χ1v) is 4.38. The lowest BCUT2D eigenvalue weighted by molar-refractivity contribution is 0.100. The van der Waals surface area contributed by atoms with E-state index in [2.05, 4.69) is 4.98 Å². The number of carbonyl (C=O) groups is 1. The Bertz CT molecular complexity index is 518. The van der Waals surface area contributed by atoms with Gasteiger partial charge in [0.2, 0.25) is 5.91 Å². The van der Waals surface area contributed by atoms with Crippen molar-refractivity contribution >= 4 is 28.5 Å². The summed E-state index contributed by atoms with van der Waals surface area (Å²) in [5.74, 6) is -0.539. The van der Waals surface area contributed by atoms with Crippen LogP contribution in [0.4, 0.5) is 0 Å². The van der Waals surface area contributed by atoms with Crippen LogP contribution in [-0.2, 0) is 7.05 Å². The maximum atomic E-state index is 11.0. The van der Waals surface area contributed by atoms with E-state index in [9.17, 15) is 4.79 Å². The van der Waals surface area contributed by atoms with Crippen LogP contribution in [0, 0.1) is 0 Å². The van der Waals surface area contributed by atoms with Crippen molar-refractivity contribution in [3.8, 4) is 0 Å². The fraction of sp³-hybridized carbons (Fsp3) is 0.111. The Balaban J connectivity index is 2.79. The van der Waals surface area contributed by atoms with E-state index in [1.807, 2.05) is 11.6 Å². The maximum absolute atomic E-state index is 11.0. The van der Waals surface area contributed by atoms with Gasteiger partial charge in [-0.2, -0.15) is 0 Å². The molecule has 4 nitrogen and oxygen atoms in total. The minimum Gasteiger partial charge on any atom is -0.366 e. The Labute approximate surface area is 85.3 Å². The lowest BCUT2D eigenvalue weighted by Gasteiger charge is -2.00. The second-order valence-corrected chi connectivity index (χ2v) is 3.45. The van der Waals surface area contributed by atoms with Crippen molar-refractivity contribution in [2.75, 3.05) is 0 Å². The second-order valence-electron chi connectivity index (χ2n) is 3.04. The predicted octanol–water partition coefficient (Wildman–Crippen LogP) is 1.33. The molecule has 0 saturated carbocycles. The molecule has 0 unspecified atom stereocenters. The number of fused-ring (bicyclic) bond motifs is 1. The summed E-state index contributed by atoms with van der Waals surface area (Å²) in [7, 11) is 1.86. The zero-order valence-corrected chi connectivity index (χ0v) is 8.25. The van der Waals surface area contributed by atoms with Gasteiger partial charge in [0.15, 0.2) is 0 Å². The molecule has 0 aliphatic carbocycles. The van der Waals surface area contributed by atoms with E-state index in [-0.39, 0.29) is 0 Å². The molecule has 2 N–H and O–H groups in total. The summed E-state index contributed by atoms with van der Waals surface area (Å²) in [4.78, 5) is 15.1. The van der Waals surface area contributed by atoms with E-state index in [0.717, 1.165) is 5.52 Å². The molecule has 2 aromatic rings. The molecule has 0 atom stereocenters. The molecule has 1 aromatic carbocycles. The molecule has 0 saturated heterocycles. The normalized spacial score (nSPS) is 10.7. The van der Waals surface area contributed by atoms with Crippen LogP contribution in [0.25, 0.3) is 11.0 Å². The molecule has 0 spiro atoms. The molecule has 0 radical (unpaired) electrons. The summed E-state index contributed by atoms with van der Waals surface area (Å²) in [5, 5.41) is 0.355. The van der Waals surface area contributed by atoms with Crippen LogP contribution in [0.5, 0.6) is 0 Å². The van der Waals surface area contributed by atoms with Crippen molar-refractivity contribution in [3.63, 3.8) is 0 Å². The number of rotatable bonds is 1. The molecule has 2 rings (SSSR count). The average Bonchev–Trinajstić information content (AvgIpc) is 2.46. The van der Waals surface area contributed by atoms with Gasteiger partial charge in [0.05, 0.1) is 27.9 Å². The number of halogens is 1. The molecule has 1 heterocycles. The molecule has 1 amide bonds. The quantitative estimate of drug-likeness (QED) is 0.770. The van der Waals surface area contributed by atoms with Crippen molar-refractivity contribution in [1.29, 1.82) is 0 Å². The van der Waals surface area contributed by atoms with E-state index in [1.165, 1.54) is 0 Å². The summed E-state index contributed by atoms with van der Waals surface area (Å²) >= 11 is 5.89. The van der Waals surface area contributed by atoms with Crippen molar-refractivity contribution in [1.82, 2.24) is 9.55 Å². The Morgan fingerprint density at radius 1 is 1.57 bits per heavy atom. The van der Waals surface area contributed by atoms with Crippen molar-refractivity contribution < 1.29 is 4.79 Å². The molecule has 1 aromatic heterocycles.